The molecule has 1 N–H and O–H groups in total. The average molecular weight is 259 g/mol. The van der Waals surface area contributed by atoms with Gasteiger partial charge in [-0.3, -0.25) is 0 Å². The molecule has 0 heterocycles. The van der Waals surface area contributed by atoms with Crippen molar-refractivity contribution < 1.29 is 14.2 Å². The molecule has 108 valence electrons. The van der Waals surface area contributed by atoms with E-state index in [2.05, 4.69) is 19.2 Å². The highest BCUT2D eigenvalue weighted by atomic mass is 16.5. The summed E-state index contributed by atoms with van der Waals surface area (Å²) >= 11 is 0. The van der Waals surface area contributed by atoms with Gasteiger partial charge >= 0.3 is 0 Å². The number of hydrogen-bond donors (Lipinski definition) is 1. The van der Waals surface area contributed by atoms with Crippen molar-refractivity contribution in [1.82, 2.24) is 5.32 Å². The summed E-state index contributed by atoms with van der Waals surface area (Å²) in [7, 11) is 1.71. The third kappa shape index (κ3) is 8.86. The lowest BCUT2D eigenvalue weighted by Gasteiger charge is -2.24. The lowest BCUT2D eigenvalue weighted by atomic mass is 9.95. The summed E-state index contributed by atoms with van der Waals surface area (Å²) in [4.78, 5) is 0. The van der Waals surface area contributed by atoms with Crippen molar-refractivity contribution >= 4 is 0 Å². The molecule has 1 aliphatic carbocycles. The van der Waals surface area contributed by atoms with E-state index in [0.717, 1.165) is 38.8 Å². The van der Waals surface area contributed by atoms with Gasteiger partial charge in [0.1, 0.15) is 0 Å². The molecule has 0 atom stereocenters. The number of methoxy groups -OCH3 is 1. The first-order valence-electron chi connectivity index (χ1n) is 7.02. The zero-order valence-corrected chi connectivity index (χ0v) is 12.2. The predicted octanol–water partition coefficient (Wildman–Crippen LogP) is 1.83. The third-order valence-electron chi connectivity index (χ3n) is 2.95. The number of hydrogen-bond acceptors (Lipinski definition) is 4. The molecule has 18 heavy (non-hydrogen) atoms. The van der Waals surface area contributed by atoms with Crippen molar-refractivity contribution in [3.8, 4) is 0 Å². The van der Waals surface area contributed by atoms with Crippen molar-refractivity contribution in [2.75, 3.05) is 46.7 Å². The largest absolute Gasteiger partial charge is 0.385 e. The van der Waals surface area contributed by atoms with Crippen LogP contribution in [-0.4, -0.2) is 52.7 Å². The average Bonchev–Trinajstić information content (AvgIpc) is 3.14. The van der Waals surface area contributed by atoms with Gasteiger partial charge in [-0.15, -0.1) is 0 Å². The Morgan fingerprint density at radius 2 is 1.78 bits per heavy atom. The topological polar surface area (TPSA) is 39.7 Å². The van der Waals surface area contributed by atoms with Gasteiger partial charge in [-0.2, -0.15) is 0 Å². The first-order chi connectivity index (χ1) is 8.64. The Bertz CT molecular complexity index is 205. The third-order valence-corrected chi connectivity index (χ3v) is 2.95. The van der Waals surface area contributed by atoms with Crippen LogP contribution in [0.1, 0.15) is 33.1 Å². The van der Waals surface area contributed by atoms with Crippen LogP contribution in [0, 0.1) is 5.41 Å². The molecule has 4 nitrogen and oxygen atoms in total. The Labute approximate surface area is 111 Å². The van der Waals surface area contributed by atoms with E-state index in [0.29, 0.717) is 13.2 Å². The fraction of sp³-hybridized carbons (Fsp3) is 1.00. The summed E-state index contributed by atoms with van der Waals surface area (Å²) in [6, 6.07) is 0.772. The Balaban J connectivity index is 1.85. The fourth-order valence-corrected chi connectivity index (χ4v) is 1.63. The van der Waals surface area contributed by atoms with Crippen LogP contribution in [0.2, 0.25) is 0 Å². The van der Waals surface area contributed by atoms with Gasteiger partial charge in [0.05, 0.1) is 19.8 Å². The van der Waals surface area contributed by atoms with Crippen LogP contribution in [-0.2, 0) is 14.2 Å². The predicted molar refractivity (Wildman–Crippen MR) is 72.9 cm³/mol. The summed E-state index contributed by atoms with van der Waals surface area (Å²) in [5.74, 6) is 0. The first-order valence-corrected chi connectivity index (χ1v) is 7.02. The van der Waals surface area contributed by atoms with Crippen LogP contribution in [0.5, 0.6) is 0 Å². The molecular formula is C14H29NO3. The van der Waals surface area contributed by atoms with E-state index in [1.807, 2.05) is 0 Å². The molecule has 0 aromatic heterocycles. The summed E-state index contributed by atoms with van der Waals surface area (Å²) in [6.07, 6.45) is 3.63. The van der Waals surface area contributed by atoms with Gasteiger partial charge in [0.15, 0.2) is 0 Å². The van der Waals surface area contributed by atoms with Crippen molar-refractivity contribution in [2.45, 2.75) is 39.2 Å². The molecule has 1 saturated carbocycles. The molecule has 0 unspecified atom stereocenters. The molecule has 0 saturated heterocycles. The van der Waals surface area contributed by atoms with E-state index in [4.69, 9.17) is 14.2 Å². The molecule has 4 heteroatoms. The van der Waals surface area contributed by atoms with Gasteiger partial charge in [-0.1, -0.05) is 13.8 Å². The Hall–Kier alpha value is -0.160. The van der Waals surface area contributed by atoms with Crippen LogP contribution in [0.4, 0.5) is 0 Å². The highest BCUT2D eigenvalue weighted by Gasteiger charge is 2.25. The quantitative estimate of drug-likeness (QED) is 0.543. The fourth-order valence-electron chi connectivity index (χ4n) is 1.63. The molecule has 0 spiro atoms. The van der Waals surface area contributed by atoms with Crippen molar-refractivity contribution in [2.24, 2.45) is 5.41 Å². The normalized spacial score (nSPS) is 16.2. The minimum Gasteiger partial charge on any atom is -0.385 e. The Morgan fingerprint density at radius 1 is 1.06 bits per heavy atom. The second kappa shape index (κ2) is 8.86. The number of rotatable bonds is 12. The van der Waals surface area contributed by atoms with Crippen molar-refractivity contribution in [1.29, 1.82) is 0 Å². The summed E-state index contributed by atoms with van der Waals surface area (Å²) in [5, 5.41) is 3.55. The molecule has 1 fully saturated rings. The SMILES string of the molecule is COCCCOCCOCC(C)(C)CNC1CC1. The lowest BCUT2D eigenvalue weighted by Crippen LogP contribution is -2.34. The zero-order chi connectivity index (χ0) is 13.3. The van der Waals surface area contributed by atoms with Crippen molar-refractivity contribution in [3.63, 3.8) is 0 Å². The van der Waals surface area contributed by atoms with Gasteiger partial charge in [-0.25, -0.2) is 0 Å². The molecule has 0 aromatic rings. The summed E-state index contributed by atoms with van der Waals surface area (Å²) < 4.78 is 16.0. The highest BCUT2D eigenvalue weighted by molar-refractivity contribution is 4.83. The van der Waals surface area contributed by atoms with Crippen LogP contribution in [0.25, 0.3) is 0 Å². The van der Waals surface area contributed by atoms with Gasteiger partial charge in [-0.05, 0) is 19.3 Å². The van der Waals surface area contributed by atoms with Gasteiger partial charge in [0, 0.05) is 38.3 Å². The maximum Gasteiger partial charge on any atom is 0.0700 e. The molecule has 0 bridgehead atoms. The van der Waals surface area contributed by atoms with E-state index < -0.39 is 0 Å². The first kappa shape index (κ1) is 15.9. The highest BCUT2D eigenvalue weighted by Crippen LogP contribution is 2.21. The molecular weight excluding hydrogens is 230 g/mol. The zero-order valence-electron chi connectivity index (χ0n) is 12.2. The summed E-state index contributed by atoms with van der Waals surface area (Å²) in [5.41, 5.74) is 0.207. The molecule has 0 radical (unpaired) electrons. The van der Waals surface area contributed by atoms with Gasteiger partial charge in [0.25, 0.3) is 0 Å². The number of nitrogens with one attached hydrogen (secondary N) is 1. The molecule has 0 amide bonds. The Kier molecular flexibility index (Phi) is 7.82. The summed E-state index contributed by atoms with van der Waals surface area (Å²) in [6.45, 7) is 9.17. The second-order valence-electron chi connectivity index (χ2n) is 5.83. The van der Waals surface area contributed by atoms with E-state index in [1.165, 1.54) is 12.8 Å². The Morgan fingerprint density at radius 3 is 2.44 bits per heavy atom. The smallest absolute Gasteiger partial charge is 0.0700 e. The number of ether oxygens (including phenoxy) is 3. The van der Waals surface area contributed by atoms with E-state index in [1.54, 1.807) is 7.11 Å². The van der Waals surface area contributed by atoms with Crippen LogP contribution in [0.15, 0.2) is 0 Å². The van der Waals surface area contributed by atoms with Crippen LogP contribution in [0.3, 0.4) is 0 Å². The lowest BCUT2D eigenvalue weighted by molar-refractivity contribution is 0.0111. The minimum absolute atomic E-state index is 0.207. The standard InChI is InChI=1S/C14H29NO3/c1-14(2,11-15-13-5-6-13)12-18-10-9-17-8-4-7-16-3/h13,15H,4-12H2,1-3H3. The molecule has 1 aliphatic rings. The van der Waals surface area contributed by atoms with E-state index >= 15 is 0 Å². The van der Waals surface area contributed by atoms with Gasteiger partial charge < -0.3 is 19.5 Å². The van der Waals surface area contributed by atoms with Crippen molar-refractivity contribution in [3.05, 3.63) is 0 Å². The van der Waals surface area contributed by atoms with Crippen LogP contribution >= 0.6 is 0 Å². The van der Waals surface area contributed by atoms with Crippen LogP contribution < -0.4 is 5.32 Å². The van der Waals surface area contributed by atoms with E-state index in [9.17, 15) is 0 Å². The van der Waals surface area contributed by atoms with Gasteiger partial charge in [0.2, 0.25) is 0 Å². The monoisotopic (exact) mass is 259 g/mol. The van der Waals surface area contributed by atoms with E-state index in [-0.39, 0.29) is 5.41 Å². The maximum absolute atomic E-state index is 5.66. The second-order valence-corrected chi connectivity index (χ2v) is 5.83. The molecule has 0 aromatic carbocycles. The molecule has 0 aliphatic heterocycles. The maximum atomic E-state index is 5.66. The molecule has 1 rings (SSSR count). The minimum atomic E-state index is 0.207.